The first-order valence-electron chi connectivity index (χ1n) is 7.48. The topological polar surface area (TPSA) is 64.6 Å². The van der Waals surface area contributed by atoms with Gasteiger partial charge in [-0.1, -0.05) is 6.07 Å². The largest absolute Gasteiger partial charge is 0.456 e. The van der Waals surface area contributed by atoms with Crippen molar-refractivity contribution < 1.29 is 23.5 Å². The summed E-state index contributed by atoms with van der Waals surface area (Å²) in [7, 11) is 0. The van der Waals surface area contributed by atoms with Crippen LogP contribution in [0.2, 0.25) is 0 Å². The van der Waals surface area contributed by atoms with Gasteiger partial charge in [-0.25, -0.2) is 9.18 Å². The van der Waals surface area contributed by atoms with E-state index in [0.29, 0.717) is 28.1 Å². The van der Waals surface area contributed by atoms with Gasteiger partial charge in [0.25, 0.3) is 0 Å². The Labute approximate surface area is 145 Å². The normalized spacial score (nSPS) is 26.1. The molecule has 1 N–H and O–H groups in total. The number of hydrogen-bond donors (Lipinski definition) is 1. The Morgan fingerprint density at radius 2 is 1.96 bits per heavy atom. The molecule has 3 heterocycles. The highest BCUT2D eigenvalue weighted by Crippen LogP contribution is 2.43. The summed E-state index contributed by atoms with van der Waals surface area (Å²) in [6.45, 7) is 2.07. The van der Waals surface area contributed by atoms with Crippen molar-refractivity contribution in [2.45, 2.75) is 18.9 Å². The number of Topliss-reactive ketones (excluding diaryl/α,β-unsaturated/α-hetero) is 1. The van der Waals surface area contributed by atoms with Gasteiger partial charge in [0.1, 0.15) is 18.5 Å². The monoisotopic (exact) mass is 393 g/mol. The van der Waals surface area contributed by atoms with Gasteiger partial charge in [0, 0.05) is 17.2 Å². The van der Waals surface area contributed by atoms with Gasteiger partial charge in [-0.05, 0) is 40.5 Å². The van der Waals surface area contributed by atoms with Gasteiger partial charge in [-0.3, -0.25) is 4.79 Å². The summed E-state index contributed by atoms with van der Waals surface area (Å²) in [5, 5.41) is 3.11. The van der Waals surface area contributed by atoms with Crippen LogP contribution in [0.25, 0.3) is 0 Å². The predicted molar refractivity (Wildman–Crippen MR) is 85.4 cm³/mol. The summed E-state index contributed by atoms with van der Waals surface area (Å²) in [4.78, 5) is 24.9. The van der Waals surface area contributed by atoms with Gasteiger partial charge < -0.3 is 14.8 Å². The van der Waals surface area contributed by atoms with E-state index in [4.69, 9.17) is 9.47 Å². The molecule has 5 nitrogen and oxygen atoms in total. The number of carbonyl (C=O) groups is 2. The molecule has 0 amide bonds. The third kappa shape index (κ3) is 2.22. The number of dihydropyridines is 1. The molecule has 24 heavy (non-hydrogen) atoms. The molecule has 0 aromatic heterocycles. The van der Waals surface area contributed by atoms with Crippen LogP contribution in [-0.4, -0.2) is 31.1 Å². The van der Waals surface area contributed by atoms with Crippen LogP contribution in [0, 0.1) is 5.82 Å². The summed E-state index contributed by atoms with van der Waals surface area (Å²) in [6.07, 6.45) is -0.587. The summed E-state index contributed by atoms with van der Waals surface area (Å²) < 4.78 is 24.5. The van der Waals surface area contributed by atoms with Gasteiger partial charge in [0.2, 0.25) is 0 Å². The quantitative estimate of drug-likeness (QED) is 0.741. The summed E-state index contributed by atoms with van der Waals surface area (Å²) in [5.41, 5.74) is 2.83. The minimum absolute atomic E-state index is 0.132. The van der Waals surface area contributed by atoms with E-state index in [9.17, 15) is 14.0 Å². The van der Waals surface area contributed by atoms with E-state index in [1.54, 1.807) is 19.1 Å². The molecule has 0 saturated heterocycles. The zero-order valence-corrected chi connectivity index (χ0v) is 14.3. The fraction of sp³-hybridized carbons (Fsp3) is 0.294. The second-order valence-electron chi connectivity index (χ2n) is 5.91. The third-order valence-corrected chi connectivity index (χ3v) is 5.09. The molecule has 124 valence electrons. The van der Waals surface area contributed by atoms with Crippen LogP contribution in [0.1, 0.15) is 18.4 Å². The standard InChI is InChI=1S/C17H13BrFNO4/c1-7-16(21)14-11(5-23-7)20-12-6-24-17(22)15(12)13(14)8-2-3-10(19)9(18)4-8/h2-4,7,13,20H,5-6H2,1H3/t7-,13+/m1/s1. The first-order chi connectivity index (χ1) is 11.5. The molecule has 2 atom stereocenters. The maximum absolute atomic E-state index is 13.6. The maximum atomic E-state index is 13.6. The van der Waals surface area contributed by atoms with E-state index in [2.05, 4.69) is 21.2 Å². The second-order valence-corrected chi connectivity index (χ2v) is 6.76. The Balaban J connectivity index is 1.91. The number of rotatable bonds is 1. The number of halogens is 2. The van der Waals surface area contributed by atoms with E-state index in [-0.39, 0.29) is 23.5 Å². The molecule has 0 radical (unpaired) electrons. The number of nitrogens with one attached hydrogen (secondary N) is 1. The second kappa shape index (κ2) is 5.53. The van der Waals surface area contributed by atoms with Crippen molar-refractivity contribution >= 4 is 27.7 Å². The molecule has 1 aromatic carbocycles. The third-order valence-electron chi connectivity index (χ3n) is 4.49. The van der Waals surface area contributed by atoms with Gasteiger partial charge in [-0.2, -0.15) is 0 Å². The van der Waals surface area contributed by atoms with E-state index < -0.39 is 23.8 Å². The minimum Gasteiger partial charge on any atom is -0.456 e. The number of hydrogen-bond acceptors (Lipinski definition) is 5. The van der Waals surface area contributed by atoms with E-state index in [1.807, 2.05) is 0 Å². The highest BCUT2D eigenvalue weighted by Gasteiger charge is 2.44. The van der Waals surface area contributed by atoms with Gasteiger partial charge >= 0.3 is 5.97 Å². The van der Waals surface area contributed by atoms with Crippen molar-refractivity contribution in [2.24, 2.45) is 0 Å². The van der Waals surface area contributed by atoms with Crippen LogP contribution in [0.4, 0.5) is 4.39 Å². The molecule has 0 spiro atoms. The van der Waals surface area contributed by atoms with Crippen molar-refractivity contribution in [3.05, 3.63) is 56.6 Å². The van der Waals surface area contributed by atoms with Gasteiger partial charge in [0.05, 0.1) is 22.3 Å². The van der Waals surface area contributed by atoms with Crippen LogP contribution < -0.4 is 5.32 Å². The van der Waals surface area contributed by atoms with Crippen molar-refractivity contribution in [2.75, 3.05) is 13.2 Å². The number of cyclic esters (lactones) is 1. The first kappa shape index (κ1) is 15.5. The first-order valence-corrected chi connectivity index (χ1v) is 8.27. The highest BCUT2D eigenvalue weighted by molar-refractivity contribution is 9.10. The molecule has 0 saturated carbocycles. The lowest BCUT2D eigenvalue weighted by Crippen LogP contribution is -2.40. The highest BCUT2D eigenvalue weighted by atomic mass is 79.9. The smallest absolute Gasteiger partial charge is 0.337 e. The lowest BCUT2D eigenvalue weighted by Gasteiger charge is -2.34. The molecule has 3 aliphatic rings. The van der Waals surface area contributed by atoms with Gasteiger partial charge in [0.15, 0.2) is 5.78 Å². The van der Waals surface area contributed by atoms with Crippen LogP contribution in [0.3, 0.4) is 0 Å². The average Bonchev–Trinajstić information content (AvgIpc) is 2.93. The Morgan fingerprint density at radius 3 is 2.71 bits per heavy atom. The molecule has 0 bridgehead atoms. The Bertz CT molecular complexity index is 845. The molecule has 0 fully saturated rings. The average molecular weight is 394 g/mol. The van der Waals surface area contributed by atoms with Crippen LogP contribution in [0.5, 0.6) is 0 Å². The number of carbonyl (C=O) groups excluding carboxylic acids is 2. The van der Waals surface area contributed by atoms with E-state index in [1.165, 1.54) is 6.07 Å². The van der Waals surface area contributed by atoms with E-state index >= 15 is 0 Å². The number of benzene rings is 1. The summed E-state index contributed by atoms with van der Waals surface area (Å²) >= 11 is 3.17. The maximum Gasteiger partial charge on any atom is 0.337 e. The Morgan fingerprint density at radius 1 is 1.21 bits per heavy atom. The zero-order chi connectivity index (χ0) is 17.0. The summed E-state index contributed by atoms with van der Waals surface area (Å²) in [5.74, 6) is -1.62. The van der Waals surface area contributed by atoms with Crippen molar-refractivity contribution in [1.29, 1.82) is 0 Å². The molecule has 1 aromatic rings. The molecule has 3 aliphatic heterocycles. The fourth-order valence-electron chi connectivity index (χ4n) is 3.31. The minimum atomic E-state index is -0.587. The Kier molecular flexibility index (Phi) is 3.58. The van der Waals surface area contributed by atoms with Crippen molar-refractivity contribution in [1.82, 2.24) is 5.32 Å². The molecule has 0 aliphatic carbocycles. The van der Waals surface area contributed by atoms with E-state index in [0.717, 1.165) is 0 Å². The molecular formula is C17H13BrFNO4. The SMILES string of the molecule is C[C@H]1OCC2=C(C1=O)[C@H](c1ccc(F)c(Br)c1)C1=C(COC1=O)N2. The van der Waals surface area contributed by atoms with Crippen molar-refractivity contribution in [3.63, 3.8) is 0 Å². The molecular weight excluding hydrogens is 381 g/mol. The predicted octanol–water partition coefficient (Wildman–Crippen LogP) is 2.33. The van der Waals surface area contributed by atoms with Crippen LogP contribution >= 0.6 is 15.9 Å². The number of esters is 1. The lowest BCUT2D eigenvalue weighted by molar-refractivity contribution is -0.136. The van der Waals surface area contributed by atoms with Crippen molar-refractivity contribution in [3.8, 4) is 0 Å². The zero-order valence-electron chi connectivity index (χ0n) is 12.7. The fourth-order valence-corrected chi connectivity index (χ4v) is 3.71. The van der Waals surface area contributed by atoms with Crippen LogP contribution in [-0.2, 0) is 19.1 Å². The Hall–Kier alpha value is -1.99. The number of ether oxygens (including phenoxy) is 2. The summed E-state index contributed by atoms with van der Waals surface area (Å²) in [6, 6.07) is 4.50. The lowest BCUT2D eigenvalue weighted by atomic mass is 9.77. The van der Waals surface area contributed by atoms with Crippen LogP contribution in [0.15, 0.2) is 45.2 Å². The molecule has 7 heteroatoms. The number of ketones is 1. The molecule has 4 rings (SSSR count). The van der Waals surface area contributed by atoms with Gasteiger partial charge in [-0.15, -0.1) is 0 Å². The molecule has 0 unspecified atom stereocenters.